The SMILES string of the molecule is O=C1/C(=C/c2ccc(-n3ccnc3)cc2)CCc2ccc(O)cc21. The van der Waals surface area contributed by atoms with E-state index in [1.54, 1.807) is 24.7 Å². The van der Waals surface area contributed by atoms with E-state index in [2.05, 4.69) is 4.98 Å². The molecule has 0 aliphatic heterocycles. The number of allylic oxidation sites excluding steroid dienone is 1. The standard InChI is InChI=1S/C20H16N2O2/c23-18-8-5-15-3-4-16(20(24)19(15)12-18)11-14-1-6-17(7-2-14)22-10-9-21-13-22/h1-2,5-13,23H,3-4H2/b16-11+. The summed E-state index contributed by atoms with van der Waals surface area (Å²) in [4.78, 5) is 16.7. The van der Waals surface area contributed by atoms with Crippen molar-refractivity contribution in [2.45, 2.75) is 12.8 Å². The third-order valence-electron chi connectivity index (χ3n) is 4.33. The van der Waals surface area contributed by atoms with Crippen molar-refractivity contribution >= 4 is 11.9 Å². The average Bonchev–Trinajstić information content (AvgIpc) is 3.13. The van der Waals surface area contributed by atoms with Gasteiger partial charge in [0.15, 0.2) is 5.78 Å². The van der Waals surface area contributed by atoms with E-state index >= 15 is 0 Å². The monoisotopic (exact) mass is 316 g/mol. The maximum Gasteiger partial charge on any atom is 0.189 e. The highest BCUT2D eigenvalue weighted by atomic mass is 16.3. The summed E-state index contributed by atoms with van der Waals surface area (Å²) in [5.41, 5.74) is 4.42. The molecular weight excluding hydrogens is 300 g/mol. The van der Waals surface area contributed by atoms with Gasteiger partial charge in [0.25, 0.3) is 0 Å². The lowest BCUT2D eigenvalue weighted by atomic mass is 9.86. The normalized spacial score (nSPS) is 15.5. The molecular formula is C20H16N2O2. The molecule has 0 amide bonds. The Bertz CT molecular complexity index is 923. The third kappa shape index (κ3) is 2.63. The second-order valence-electron chi connectivity index (χ2n) is 5.90. The van der Waals surface area contributed by atoms with E-state index in [1.807, 2.05) is 47.2 Å². The van der Waals surface area contributed by atoms with Gasteiger partial charge in [-0.3, -0.25) is 4.79 Å². The van der Waals surface area contributed by atoms with Crippen molar-refractivity contribution in [2.24, 2.45) is 0 Å². The van der Waals surface area contributed by atoms with Crippen LogP contribution in [0.5, 0.6) is 5.75 Å². The summed E-state index contributed by atoms with van der Waals surface area (Å²) in [5, 5.41) is 9.62. The molecule has 0 unspecified atom stereocenters. The molecule has 1 N–H and O–H groups in total. The molecule has 118 valence electrons. The topological polar surface area (TPSA) is 55.1 Å². The number of Topliss-reactive ketones (excluding diaryl/α,β-unsaturated/α-hetero) is 1. The molecule has 0 spiro atoms. The summed E-state index contributed by atoms with van der Waals surface area (Å²) in [6.45, 7) is 0. The second kappa shape index (κ2) is 5.81. The van der Waals surface area contributed by atoms with E-state index in [0.29, 0.717) is 5.56 Å². The van der Waals surface area contributed by atoms with Gasteiger partial charge in [-0.25, -0.2) is 4.98 Å². The van der Waals surface area contributed by atoms with Crippen molar-refractivity contribution < 1.29 is 9.90 Å². The highest BCUT2D eigenvalue weighted by Crippen LogP contribution is 2.29. The molecule has 0 bridgehead atoms. The Balaban J connectivity index is 1.63. The number of carbonyl (C=O) groups is 1. The molecule has 4 rings (SSSR count). The minimum Gasteiger partial charge on any atom is -0.508 e. The summed E-state index contributed by atoms with van der Waals surface area (Å²) in [6.07, 6.45) is 8.86. The number of rotatable bonds is 2. The van der Waals surface area contributed by atoms with Crippen molar-refractivity contribution in [1.82, 2.24) is 9.55 Å². The molecule has 0 radical (unpaired) electrons. The van der Waals surface area contributed by atoms with Gasteiger partial charge < -0.3 is 9.67 Å². The van der Waals surface area contributed by atoms with E-state index < -0.39 is 0 Å². The fourth-order valence-corrected chi connectivity index (χ4v) is 3.04. The molecule has 2 aromatic carbocycles. The van der Waals surface area contributed by atoms with Gasteiger partial charge in [-0.15, -0.1) is 0 Å². The van der Waals surface area contributed by atoms with Crippen LogP contribution in [0.2, 0.25) is 0 Å². The van der Waals surface area contributed by atoms with Crippen molar-refractivity contribution in [3.63, 3.8) is 0 Å². The number of imidazole rings is 1. The number of hydrogen-bond acceptors (Lipinski definition) is 3. The molecule has 1 aliphatic rings. The van der Waals surface area contributed by atoms with Crippen LogP contribution in [-0.2, 0) is 6.42 Å². The molecule has 0 saturated heterocycles. The van der Waals surface area contributed by atoms with Crippen LogP contribution >= 0.6 is 0 Å². The van der Waals surface area contributed by atoms with E-state index in [0.717, 1.165) is 35.2 Å². The number of hydrogen-bond donors (Lipinski definition) is 1. The van der Waals surface area contributed by atoms with Crippen LogP contribution in [0.4, 0.5) is 0 Å². The molecule has 4 heteroatoms. The Morgan fingerprint density at radius 3 is 2.67 bits per heavy atom. The Morgan fingerprint density at radius 2 is 1.92 bits per heavy atom. The first-order valence-corrected chi connectivity index (χ1v) is 7.86. The summed E-state index contributed by atoms with van der Waals surface area (Å²) in [6, 6.07) is 13.0. The highest BCUT2D eigenvalue weighted by molar-refractivity contribution is 6.13. The number of carbonyl (C=O) groups excluding carboxylic acids is 1. The Kier molecular flexibility index (Phi) is 3.50. The first-order chi connectivity index (χ1) is 11.7. The molecule has 0 atom stereocenters. The number of aromatic hydroxyl groups is 1. The number of aromatic nitrogens is 2. The van der Waals surface area contributed by atoms with Crippen LogP contribution in [0.1, 0.15) is 27.9 Å². The van der Waals surface area contributed by atoms with Crippen LogP contribution in [0.25, 0.3) is 11.8 Å². The number of fused-ring (bicyclic) bond motifs is 1. The quantitative estimate of drug-likeness (QED) is 0.732. The maximum absolute atomic E-state index is 12.6. The molecule has 0 saturated carbocycles. The number of ketones is 1. The molecule has 1 heterocycles. The Morgan fingerprint density at radius 1 is 1.08 bits per heavy atom. The lowest BCUT2D eigenvalue weighted by Crippen LogP contribution is -2.13. The zero-order valence-electron chi connectivity index (χ0n) is 13.0. The van der Waals surface area contributed by atoms with Gasteiger partial charge in [0.2, 0.25) is 0 Å². The van der Waals surface area contributed by atoms with E-state index in [1.165, 1.54) is 0 Å². The minimum atomic E-state index is 0.00540. The zero-order chi connectivity index (χ0) is 16.5. The minimum absolute atomic E-state index is 0.00540. The van der Waals surface area contributed by atoms with E-state index in [-0.39, 0.29) is 11.5 Å². The highest BCUT2D eigenvalue weighted by Gasteiger charge is 2.22. The summed E-state index contributed by atoms with van der Waals surface area (Å²) < 4.78 is 1.93. The summed E-state index contributed by atoms with van der Waals surface area (Å²) in [7, 11) is 0. The van der Waals surface area contributed by atoms with Crippen molar-refractivity contribution in [3.8, 4) is 11.4 Å². The maximum atomic E-state index is 12.6. The van der Waals surface area contributed by atoms with E-state index in [4.69, 9.17) is 0 Å². The Labute approximate surface area is 139 Å². The van der Waals surface area contributed by atoms with Crippen LogP contribution in [-0.4, -0.2) is 20.4 Å². The number of aryl methyl sites for hydroxylation is 1. The van der Waals surface area contributed by atoms with Gasteiger partial charge in [0.05, 0.1) is 6.33 Å². The number of phenols is 1. The lowest BCUT2D eigenvalue weighted by Gasteiger charge is -2.17. The van der Waals surface area contributed by atoms with E-state index in [9.17, 15) is 9.90 Å². The second-order valence-corrected chi connectivity index (χ2v) is 5.90. The summed E-state index contributed by atoms with van der Waals surface area (Å²) >= 11 is 0. The predicted octanol–water partition coefficient (Wildman–Crippen LogP) is 3.79. The lowest BCUT2D eigenvalue weighted by molar-refractivity contribution is 0.102. The van der Waals surface area contributed by atoms with Crippen LogP contribution in [0.3, 0.4) is 0 Å². The van der Waals surface area contributed by atoms with Gasteiger partial charge in [0, 0.05) is 29.2 Å². The summed E-state index contributed by atoms with van der Waals surface area (Å²) in [5.74, 6) is 0.138. The van der Waals surface area contributed by atoms with Crippen molar-refractivity contribution in [2.75, 3.05) is 0 Å². The fraction of sp³-hybridized carbons (Fsp3) is 0.100. The first-order valence-electron chi connectivity index (χ1n) is 7.86. The predicted molar refractivity (Wildman–Crippen MR) is 92.3 cm³/mol. The molecule has 1 aliphatic carbocycles. The van der Waals surface area contributed by atoms with Gasteiger partial charge in [-0.2, -0.15) is 0 Å². The average molecular weight is 316 g/mol. The van der Waals surface area contributed by atoms with Crippen LogP contribution in [0.15, 0.2) is 66.8 Å². The van der Waals surface area contributed by atoms with Gasteiger partial charge >= 0.3 is 0 Å². The molecule has 3 aromatic rings. The van der Waals surface area contributed by atoms with Crippen molar-refractivity contribution in [1.29, 1.82) is 0 Å². The fourth-order valence-electron chi connectivity index (χ4n) is 3.04. The van der Waals surface area contributed by atoms with Crippen LogP contribution < -0.4 is 0 Å². The molecule has 24 heavy (non-hydrogen) atoms. The van der Waals surface area contributed by atoms with Gasteiger partial charge in [0.1, 0.15) is 5.75 Å². The number of nitrogens with zero attached hydrogens (tertiary/aromatic N) is 2. The molecule has 1 aromatic heterocycles. The first kappa shape index (κ1) is 14.5. The smallest absolute Gasteiger partial charge is 0.189 e. The number of phenolic OH excluding ortho intramolecular Hbond substituents is 1. The third-order valence-corrected chi connectivity index (χ3v) is 4.33. The van der Waals surface area contributed by atoms with Gasteiger partial charge in [-0.05, 0) is 54.3 Å². The molecule has 4 nitrogen and oxygen atoms in total. The largest absolute Gasteiger partial charge is 0.508 e. The zero-order valence-corrected chi connectivity index (χ0v) is 13.0. The molecule has 0 fully saturated rings. The number of benzene rings is 2. The Hall–Kier alpha value is -3.14. The van der Waals surface area contributed by atoms with Crippen molar-refractivity contribution in [3.05, 3.63) is 83.4 Å². The van der Waals surface area contributed by atoms with Crippen LogP contribution in [0, 0.1) is 0 Å². The van der Waals surface area contributed by atoms with Gasteiger partial charge in [-0.1, -0.05) is 18.2 Å².